The molecule has 3 nitrogen and oxygen atoms in total. The number of aryl methyl sites for hydroxylation is 1. The van der Waals surface area contributed by atoms with Crippen LogP contribution in [0.4, 0.5) is 13.2 Å². The molecule has 1 heterocycles. The fourth-order valence-electron chi connectivity index (χ4n) is 2.99. The summed E-state index contributed by atoms with van der Waals surface area (Å²) in [6.07, 6.45) is -3.11. The van der Waals surface area contributed by atoms with Gasteiger partial charge >= 0.3 is 6.18 Å². The van der Waals surface area contributed by atoms with Crippen molar-refractivity contribution in [2.45, 2.75) is 32.5 Å². The molecule has 0 unspecified atom stereocenters. The highest BCUT2D eigenvalue weighted by atomic mass is 35.5. The summed E-state index contributed by atoms with van der Waals surface area (Å²) >= 11 is 5.93. The van der Waals surface area contributed by atoms with Crippen LogP contribution >= 0.6 is 11.6 Å². The molecule has 0 aliphatic rings. The Kier molecular flexibility index (Phi) is 6.07. The average Bonchev–Trinajstić information content (AvgIpc) is 2.96. The van der Waals surface area contributed by atoms with Crippen molar-refractivity contribution in [3.8, 4) is 0 Å². The number of fused-ring (bicyclic) bond motifs is 1. The molecule has 0 aliphatic heterocycles. The SMILES string of the molecule is CCOCCCn1c(Cc2ccc(Cl)cc2)nc2cc(C(F)(F)F)ccc21. The molecule has 3 rings (SSSR count). The lowest BCUT2D eigenvalue weighted by Crippen LogP contribution is -2.08. The van der Waals surface area contributed by atoms with E-state index in [1.807, 2.05) is 23.6 Å². The Morgan fingerprint density at radius 2 is 1.85 bits per heavy atom. The van der Waals surface area contributed by atoms with Crippen molar-refractivity contribution < 1.29 is 17.9 Å². The van der Waals surface area contributed by atoms with Gasteiger partial charge in [-0.1, -0.05) is 23.7 Å². The smallest absolute Gasteiger partial charge is 0.382 e. The Morgan fingerprint density at radius 3 is 2.52 bits per heavy atom. The first-order valence-corrected chi connectivity index (χ1v) is 9.15. The molecule has 1 aromatic heterocycles. The van der Waals surface area contributed by atoms with Crippen molar-refractivity contribution in [3.63, 3.8) is 0 Å². The van der Waals surface area contributed by atoms with Gasteiger partial charge in [0.05, 0.1) is 16.6 Å². The highest BCUT2D eigenvalue weighted by molar-refractivity contribution is 6.30. The maximum atomic E-state index is 13.0. The molecule has 0 saturated carbocycles. The number of imidazole rings is 1. The standard InChI is InChI=1S/C20H20ClF3N2O/c1-2-27-11-3-10-26-18-9-6-15(20(22,23)24)13-17(18)25-19(26)12-14-4-7-16(21)8-5-14/h4-9,13H,2-3,10-12H2,1H3. The normalized spacial score (nSPS) is 12.0. The fraction of sp³-hybridized carbons (Fsp3) is 0.350. The average molecular weight is 397 g/mol. The summed E-state index contributed by atoms with van der Waals surface area (Å²) in [6.45, 7) is 3.79. The molecular weight excluding hydrogens is 377 g/mol. The number of hydrogen-bond acceptors (Lipinski definition) is 2. The number of aromatic nitrogens is 2. The summed E-state index contributed by atoms with van der Waals surface area (Å²) in [5.41, 5.74) is 1.36. The molecule has 0 spiro atoms. The lowest BCUT2D eigenvalue weighted by atomic mass is 10.1. The molecule has 0 saturated heterocycles. The molecule has 0 fully saturated rings. The maximum absolute atomic E-state index is 13.0. The van der Waals surface area contributed by atoms with Crippen LogP contribution in [-0.4, -0.2) is 22.8 Å². The van der Waals surface area contributed by atoms with Gasteiger partial charge in [-0.2, -0.15) is 13.2 Å². The second-order valence-corrected chi connectivity index (χ2v) is 6.67. The lowest BCUT2D eigenvalue weighted by Gasteiger charge is -2.10. The largest absolute Gasteiger partial charge is 0.416 e. The fourth-order valence-corrected chi connectivity index (χ4v) is 3.12. The van der Waals surface area contributed by atoms with E-state index >= 15 is 0 Å². The molecule has 3 aromatic rings. The minimum absolute atomic E-state index is 0.352. The van der Waals surface area contributed by atoms with E-state index in [4.69, 9.17) is 16.3 Å². The van der Waals surface area contributed by atoms with Gasteiger partial charge in [0.1, 0.15) is 5.82 Å². The quantitative estimate of drug-likeness (QED) is 0.477. The van der Waals surface area contributed by atoms with E-state index < -0.39 is 11.7 Å². The number of benzene rings is 2. The minimum atomic E-state index is -4.39. The summed E-state index contributed by atoms with van der Waals surface area (Å²) in [5.74, 6) is 0.725. The van der Waals surface area contributed by atoms with Crippen LogP contribution in [0.3, 0.4) is 0 Å². The van der Waals surface area contributed by atoms with E-state index in [-0.39, 0.29) is 0 Å². The first-order chi connectivity index (χ1) is 12.9. The molecule has 144 valence electrons. The molecule has 0 radical (unpaired) electrons. The van der Waals surface area contributed by atoms with Crippen molar-refractivity contribution in [1.29, 1.82) is 0 Å². The summed E-state index contributed by atoms with van der Waals surface area (Å²) < 4.78 is 46.5. The molecule has 0 N–H and O–H groups in total. The maximum Gasteiger partial charge on any atom is 0.416 e. The zero-order valence-corrected chi connectivity index (χ0v) is 15.6. The van der Waals surface area contributed by atoms with E-state index in [1.165, 1.54) is 6.07 Å². The molecule has 0 atom stereocenters. The second kappa shape index (κ2) is 8.31. The van der Waals surface area contributed by atoms with E-state index in [9.17, 15) is 13.2 Å². The third-order valence-corrected chi connectivity index (χ3v) is 4.56. The summed E-state index contributed by atoms with van der Waals surface area (Å²) in [7, 11) is 0. The highest BCUT2D eigenvalue weighted by Gasteiger charge is 2.31. The van der Waals surface area contributed by atoms with Crippen LogP contribution in [0.2, 0.25) is 5.02 Å². The van der Waals surface area contributed by atoms with Crippen molar-refractivity contribution in [2.24, 2.45) is 0 Å². The molecule has 27 heavy (non-hydrogen) atoms. The van der Waals surface area contributed by atoms with Gasteiger partial charge in [0.25, 0.3) is 0 Å². The van der Waals surface area contributed by atoms with Crippen LogP contribution in [0.5, 0.6) is 0 Å². The lowest BCUT2D eigenvalue weighted by molar-refractivity contribution is -0.137. The zero-order valence-electron chi connectivity index (χ0n) is 14.9. The number of rotatable bonds is 7. The Balaban J connectivity index is 1.96. The van der Waals surface area contributed by atoms with Crippen molar-refractivity contribution in [3.05, 3.63) is 64.4 Å². The predicted octanol–water partition coefficient (Wildman–Crippen LogP) is 5.73. The van der Waals surface area contributed by atoms with Gasteiger partial charge in [-0.15, -0.1) is 0 Å². The highest BCUT2D eigenvalue weighted by Crippen LogP contribution is 2.32. The van der Waals surface area contributed by atoms with Crippen molar-refractivity contribution in [1.82, 2.24) is 9.55 Å². The number of ether oxygens (including phenoxy) is 1. The first kappa shape index (κ1) is 19.7. The van der Waals surface area contributed by atoms with Crippen molar-refractivity contribution >= 4 is 22.6 Å². The predicted molar refractivity (Wildman–Crippen MR) is 100 cm³/mol. The van der Waals surface area contributed by atoms with Gasteiger partial charge in [-0.25, -0.2) is 4.98 Å². The Hall–Kier alpha value is -2.05. The summed E-state index contributed by atoms with van der Waals surface area (Å²) in [4.78, 5) is 4.49. The van der Waals surface area contributed by atoms with Crippen LogP contribution < -0.4 is 0 Å². The van der Waals surface area contributed by atoms with Gasteiger partial charge in [0, 0.05) is 31.2 Å². The Bertz CT molecular complexity index is 904. The van der Waals surface area contributed by atoms with Crippen molar-refractivity contribution in [2.75, 3.05) is 13.2 Å². The number of nitrogens with zero attached hydrogens (tertiary/aromatic N) is 2. The van der Waals surface area contributed by atoms with Crippen LogP contribution in [0.15, 0.2) is 42.5 Å². The van der Waals surface area contributed by atoms with Gasteiger partial charge in [-0.3, -0.25) is 0 Å². The van der Waals surface area contributed by atoms with E-state index in [2.05, 4.69) is 4.98 Å². The van der Waals surface area contributed by atoms with E-state index in [0.717, 1.165) is 29.9 Å². The molecule has 0 amide bonds. The van der Waals surface area contributed by atoms with Crippen LogP contribution in [0, 0.1) is 0 Å². The topological polar surface area (TPSA) is 27.1 Å². The Morgan fingerprint density at radius 1 is 1.11 bits per heavy atom. The molecular formula is C20H20ClF3N2O. The molecule has 0 aliphatic carbocycles. The van der Waals surface area contributed by atoms with E-state index in [1.54, 1.807) is 12.1 Å². The monoisotopic (exact) mass is 396 g/mol. The zero-order chi connectivity index (χ0) is 19.4. The molecule has 7 heteroatoms. The number of alkyl halides is 3. The Labute approximate surface area is 160 Å². The van der Waals surface area contributed by atoms with Gasteiger partial charge in [0.2, 0.25) is 0 Å². The summed E-state index contributed by atoms with van der Waals surface area (Å²) in [6, 6.07) is 11.1. The molecule has 0 bridgehead atoms. The third-order valence-electron chi connectivity index (χ3n) is 4.30. The van der Waals surface area contributed by atoms with Gasteiger partial charge in [0.15, 0.2) is 0 Å². The number of halogens is 4. The minimum Gasteiger partial charge on any atom is -0.382 e. The first-order valence-electron chi connectivity index (χ1n) is 8.77. The van der Waals surface area contributed by atoms with Gasteiger partial charge in [-0.05, 0) is 49.2 Å². The van der Waals surface area contributed by atoms with Gasteiger partial charge < -0.3 is 9.30 Å². The number of hydrogen-bond donors (Lipinski definition) is 0. The van der Waals surface area contributed by atoms with Crippen LogP contribution in [-0.2, 0) is 23.9 Å². The van der Waals surface area contributed by atoms with Crippen LogP contribution in [0.25, 0.3) is 11.0 Å². The molecule has 2 aromatic carbocycles. The summed E-state index contributed by atoms with van der Waals surface area (Å²) in [5, 5.41) is 0.638. The van der Waals surface area contributed by atoms with Crippen LogP contribution in [0.1, 0.15) is 30.3 Å². The third kappa shape index (κ3) is 4.82. The second-order valence-electron chi connectivity index (χ2n) is 6.23. The van der Waals surface area contributed by atoms with E-state index in [0.29, 0.717) is 42.2 Å².